The van der Waals surface area contributed by atoms with E-state index in [2.05, 4.69) is 75.5 Å². The van der Waals surface area contributed by atoms with Crippen LogP contribution in [0.4, 0.5) is 0 Å². The zero-order valence-corrected chi connectivity index (χ0v) is 40.9. The van der Waals surface area contributed by atoms with Gasteiger partial charge >= 0.3 is 17.9 Å². The fraction of sp³-hybridized carbons (Fsp3) is 0.768. The minimum atomic E-state index is -0.813. The molecule has 0 saturated carbocycles. The first-order chi connectivity index (χ1) is 30.5. The van der Waals surface area contributed by atoms with E-state index in [0.717, 1.165) is 51.4 Å². The zero-order valence-electron chi connectivity index (χ0n) is 40.9. The first kappa shape index (κ1) is 59.1. The van der Waals surface area contributed by atoms with E-state index in [-0.39, 0.29) is 44.0 Å². The minimum Gasteiger partial charge on any atom is -0.462 e. The van der Waals surface area contributed by atoms with Crippen molar-refractivity contribution in [2.45, 2.75) is 264 Å². The topological polar surface area (TPSA) is 78.9 Å². The lowest BCUT2D eigenvalue weighted by Crippen LogP contribution is -2.30. The van der Waals surface area contributed by atoms with Crippen molar-refractivity contribution >= 4 is 17.9 Å². The summed E-state index contributed by atoms with van der Waals surface area (Å²) in [6, 6.07) is 0. The highest BCUT2D eigenvalue weighted by molar-refractivity contribution is 5.71. The van der Waals surface area contributed by atoms with Crippen LogP contribution in [0.1, 0.15) is 258 Å². The van der Waals surface area contributed by atoms with Crippen LogP contribution in [0.15, 0.2) is 60.8 Å². The summed E-state index contributed by atoms with van der Waals surface area (Å²) in [5.74, 6) is -1.03. The van der Waals surface area contributed by atoms with Gasteiger partial charge in [0.05, 0.1) is 0 Å². The molecular formula is C56H98O6. The molecule has 1 atom stereocenters. The zero-order chi connectivity index (χ0) is 45.1. The van der Waals surface area contributed by atoms with Gasteiger partial charge in [-0.15, -0.1) is 0 Å². The van der Waals surface area contributed by atoms with Crippen molar-refractivity contribution in [3.05, 3.63) is 60.8 Å². The third kappa shape index (κ3) is 48.1. The summed E-state index contributed by atoms with van der Waals surface area (Å²) >= 11 is 0. The molecule has 0 rings (SSSR count). The Morgan fingerprint density at radius 1 is 0.323 bits per heavy atom. The number of allylic oxidation sites excluding steroid dienone is 10. The summed E-state index contributed by atoms with van der Waals surface area (Å²) in [6.45, 7) is 6.54. The standard InChI is InChI=1S/C56H98O6/c1-4-7-10-13-16-19-22-25-27-28-29-32-34-37-40-43-46-49-55(58)61-52-53(51-60-54(57)48-45-42-39-36-33-30-24-21-18-15-12-9-6-3)62-56(59)50-47-44-41-38-35-31-26-23-20-17-14-11-8-5-2/h25,27,29-30,32-33,37,39-40,42,53H,4-24,26,28,31,34-36,38,41,43-52H2,1-3H3/b27-25-,32-29-,33-30-,40-37-,42-39-. The van der Waals surface area contributed by atoms with E-state index >= 15 is 0 Å². The molecule has 62 heavy (non-hydrogen) atoms. The van der Waals surface area contributed by atoms with Crippen LogP contribution >= 0.6 is 0 Å². The molecule has 0 aliphatic heterocycles. The lowest BCUT2D eigenvalue weighted by atomic mass is 10.0. The Hall–Kier alpha value is -2.89. The molecule has 6 heteroatoms. The molecule has 0 amide bonds. The smallest absolute Gasteiger partial charge is 0.306 e. The second-order valence-corrected chi connectivity index (χ2v) is 17.4. The van der Waals surface area contributed by atoms with Crippen molar-refractivity contribution in [1.82, 2.24) is 0 Å². The van der Waals surface area contributed by atoms with Crippen LogP contribution in [0.3, 0.4) is 0 Å². The Labute approximate surface area is 383 Å². The molecule has 0 N–H and O–H groups in total. The summed E-state index contributed by atoms with van der Waals surface area (Å²) in [7, 11) is 0. The normalized spacial score (nSPS) is 12.5. The number of esters is 3. The quantitative estimate of drug-likeness (QED) is 0.0262. The lowest BCUT2D eigenvalue weighted by molar-refractivity contribution is -0.166. The maximum atomic E-state index is 12.8. The largest absolute Gasteiger partial charge is 0.462 e. The third-order valence-corrected chi connectivity index (χ3v) is 11.3. The van der Waals surface area contributed by atoms with Crippen LogP contribution in [0, 0.1) is 0 Å². The highest BCUT2D eigenvalue weighted by Crippen LogP contribution is 2.15. The van der Waals surface area contributed by atoms with Gasteiger partial charge in [-0.25, -0.2) is 0 Å². The SMILES string of the molecule is CCCCCCCC/C=C\C/C=C\C/C=C\CCCC(=O)OCC(COC(=O)CC/C=C\C/C=C\CCCCCCCC)OC(=O)CCCCCCCCCCCCCCCC. The molecule has 0 aliphatic carbocycles. The molecule has 1 unspecified atom stereocenters. The van der Waals surface area contributed by atoms with Crippen molar-refractivity contribution in [2.24, 2.45) is 0 Å². The number of hydrogen-bond acceptors (Lipinski definition) is 6. The minimum absolute atomic E-state index is 0.115. The molecule has 0 radical (unpaired) electrons. The number of carbonyl (C=O) groups is 3. The maximum Gasteiger partial charge on any atom is 0.306 e. The summed E-state index contributed by atoms with van der Waals surface area (Å²) in [5.41, 5.74) is 0. The van der Waals surface area contributed by atoms with Gasteiger partial charge in [0.15, 0.2) is 6.10 Å². The van der Waals surface area contributed by atoms with E-state index in [1.807, 2.05) is 6.08 Å². The molecule has 6 nitrogen and oxygen atoms in total. The molecule has 0 saturated heterocycles. The van der Waals surface area contributed by atoms with Gasteiger partial charge in [-0.2, -0.15) is 0 Å². The first-order valence-corrected chi connectivity index (χ1v) is 26.3. The van der Waals surface area contributed by atoms with Crippen LogP contribution in [0.25, 0.3) is 0 Å². The van der Waals surface area contributed by atoms with Gasteiger partial charge < -0.3 is 14.2 Å². The molecule has 0 bridgehead atoms. The molecule has 0 heterocycles. The molecule has 0 spiro atoms. The van der Waals surface area contributed by atoms with Gasteiger partial charge in [-0.05, 0) is 70.6 Å². The number of hydrogen-bond donors (Lipinski definition) is 0. The highest BCUT2D eigenvalue weighted by Gasteiger charge is 2.19. The van der Waals surface area contributed by atoms with Gasteiger partial charge in [-0.3, -0.25) is 14.4 Å². The van der Waals surface area contributed by atoms with E-state index in [4.69, 9.17) is 14.2 Å². The van der Waals surface area contributed by atoms with Crippen LogP contribution in [-0.4, -0.2) is 37.2 Å². The van der Waals surface area contributed by atoms with Gasteiger partial charge in [0.25, 0.3) is 0 Å². The lowest BCUT2D eigenvalue weighted by Gasteiger charge is -2.18. The Morgan fingerprint density at radius 2 is 0.629 bits per heavy atom. The number of ether oxygens (including phenoxy) is 3. The summed E-state index contributed by atoms with van der Waals surface area (Å²) in [6.07, 6.45) is 62.2. The van der Waals surface area contributed by atoms with Gasteiger partial charge in [0.1, 0.15) is 13.2 Å². The van der Waals surface area contributed by atoms with Gasteiger partial charge in [-0.1, -0.05) is 229 Å². The second kappa shape index (κ2) is 50.8. The second-order valence-electron chi connectivity index (χ2n) is 17.4. The molecule has 0 aromatic heterocycles. The summed E-state index contributed by atoms with van der Waals surface area (Å²) in [4.78, 5) is 37.9. The molecule has 358 valence electrons. The third-order valence-electron chi connectivity index (χ3n) is 11.3. The predicted molar refractivity (Wildman–Crippen MR) is 265 cm³/mol. The van der Waals surface area contributed by atoms with Crippen molar-refractivity contribution in [3.63, 3.8) is 0 Å². The highest BCUT2D eigenvalue weighted by atomic mass is 16.6. The Kier molecular flexibility index (Phi) is 48.4. The van der Waals surface area contributed by atoms with Crippen molar-refractivity contribution in [1.29, 1.82) is 0 Å². The molecule has 0 aliphatic rings. The Balaban J connectivity index is 4.49. The predicted octanol–water partition coefficient (Wildman–Crippen LogP) is 17.3. The van der Waals surface area contributed by atoms with Crippen LogP contribution in [0.2, 0.25) is 0 Å². The van der Waals surface area contributed by atoms with E-state index in [1.54, 1.807) is 0 Å². The fourth-order valence-corrected chi connectivity index (χ4v) is 7.28. The average molecular weight is 867 g/mol. The van der Waals surface area contributed by atoms with Gasteiger partial charge in [0, 0.05) is 19.3 Å². The Morgan fingerprint density at radius 3 is 1.05 bits per heavy atom. The summed E-state index contributed by atoms with van der Waals surface area (Å²) < 4.78 is 16.7. The first-order valence-electron chi connectivity index (χ1n) is 26.3. The fourth-order valence-electron chi connectivity index (χ4n) is 7.28. The van der Waals surface area contributed by atoms with Crippen molar-refractivity contribution in [2.75, 3.05) is 13.2 Å². The summed E-state index contributed by atoms with van der Waals surface area (Å²) in [5, 5.41) is 0. The molecule has 0 aromatic carbocycles. The number of rotatable bonds is 47. The monoisotopic (exact) mass is 867 g/mol. The average Bonchev–Trinajstić information content (AvgIpc) is 3.27. The molecular weight excluding hydrogens is 769 g/mol. The number of unbranched alkanes of at least 4 members (excludes halogenated alkanes) is 26. The molecule has 0 fully saturated rings. The maximum absolute atomic E-state index is 12.8. The van der Waals surface area contributed by atoms with E-state index in [9.17, 15) is 14.4 Å². The number of carbonyl (C=O) groups excluding carboxylic acids is 3. The van der Waals surface area contributed by atoms with Gasteiger partial charge in [0.2, 0.25) is 0 Å². The van der Waals surface area contributed by atoms with E-state index in [0.29, 0.717) is 19.3 Å². The van der Waals surface area contributed by atoms with E-state index < -0.39 is 6.10 Å². The molecule has 0 aromatic rings. The van der Waals surface area contributed by atoms with Crippen LogP contribution < -0.4 is 0 Å². The van der Waals surface area contributed by atoms with Crippen LogP contribution in [0.5, 0.6) is 0 Å². The van der Waals surface area contributed by atoms with Crippen molar-refractivity contribution in [3.8, 4) is 0 Å². The van der Waals surface area contributed by atoms with Crippen LogP contribution in [-0.2, 0) is 28.6 Å². The Bertz CT molecular complexity index is 1130. The van der Waals surface area contributed by atoms with E-state index in [1.165, 1.54) is 154 Å². The van der Waals surface area contributed by atoms with Crippen molar-refractivity contribution < 1.29 is 28.6 Å².